The van der Waals surface area contributed by atoms with Crippen LogP contribution in [-0.4, -0.2) is 35.3 Å². The van der Waals surface area contributed by atoms with Crippen molar-refractivity contribution in [3.8, 4) is 11.5 Å². The summed E-state index contributed by atoms with van der Waals surface area (Å²) >= 11 is 1.33. The van der Waals surface area contributed by atoms with Gasteiger partial charge in [0.25, 0.3) is 5.91 Å². The minimum absolute atomic E-state index is 0.262. The second-order valence-electron chi connectivity index (χ2n) is 5.06. The molecular formula is C17H16N4O3S. The van der Waals surface area contributed by atoms with E-state index in [1.165, 1.54) is 17.5 Å². The summed E-state index contributed by atoms with van der Waals surface area (Å²) in [4.78, 5) is 16.0. The number of aromatic nitrogens is 3. The Morgan fingerprint density at radius 2 is 2.00 bits per heavy atom. The molecule has 0 aliphatic rings. The summed E-state index contributed by atoms with van der Waals surface area (Å²) in [5.41, 5.74) is 1.48. The molecule has 3 rings (SSSR count). The van der Waals surface area contributed by atoms with Crippen molar-refractivity contribution in [3.05, 3.63) is 58.9 Å². The van der Waals surface area contributed by atoms with E-state index in [9.17, 15) is 4.79 Å². The van der Waals surface area contributed by atoms with Crippen LogP contribution in [0.2, 0.25) is 0 Å². The first kappa shape index (κ1) is 16.8. The number of methoxy groups -OCH3 is 2. The van der Waals surface area contributed by atoms with Gasteiger partial charge in [-0.1, -0.05) is 17.4 Å². The van der Waals surface area contributed by atoms with Gasteiger partial charge in [-0.25, -0.2) is 0 Å². The third kappa shape index (κ3) is 4.10. The van der Waals surface area contributed by atoms with Gasteiger partial charge < -0.3 is 9.47 Å². The molecule has 0 aliphatic carbocycles. The van der Waals surface area contributed by atoms with Crippen molar-refractivity contribution in [2.75, 3.05) is 19.5 Å². The summed E-state index contributed by atoms with van der Waals surface area (Å²) in [6, 6.07) is 9.08. The molecule has 0 unspecified atom stereocenters. The van der Waals surface area contributed by atoms with Gasteiger partial charge in [-0.3, -0.25) is 15.1 Å². The maximum Gasteiger partial charge on any atom is 0.259 e. The fourth-order valence-corrected chi connectivity index (χ4v) is 2.98. The zero-order valence-corrected chi connectivity index (χ0v) is 14.5. The second kappa shape index (κ2) is 7.71. The van der Waals surface area contributed by atoms with Crippen molar-refractivity contribution in [1.82, 2.24) is 15.2 Å². The number of pyridine rings is 1. The lowest BCUT2D eigenvalue weighted by molar-refractivity contribution is 0.102. The smallest absolute Gasteiger partial charge is 0.259 e. The number of rotatable bonds is 6. The number of carbonyl (C=O) groups excluding carboxylic acids is 1. The zero-order chi connectivity index (χ0) is 17.6. The molecule has 25 heavy (non-hydrogen) atoms. The molecule has 3 aromatic rings. The van der Waals surface area contributed by atoms with E-state index in [-0.39, 0.29) is 5.91 Å². The van der Waals surface area contributed by atoms with Gasteiger partial charge in [0.1, 0.15) is 5.01 Å². The minimum Gasteiger partial charge on any atom is -0.493 e. The van der Waals surface area contributed by atoms with Crippen LogP contribution in [0, 0.1) is 0 Å². The standard InChI is InChI=1S/C17H16N4O3S/c1-23-13-6-5-11(8-14(13)24-2)9-15-20-21-17(25-15)19-16(22)12-4-3-7-18-10-12/h3-8,10H,9H2,1-2H3,(H,19,21,22). The molecule has 2 heterocycles. The van der Waals surface area contributed by atoms with E-state index in [4.69, 9.17) is 9.47 Å². The summed E-state index contributed by atoms with van der Waals surface area (Å²) in [6.45, 7) is 0. The monoisotopic (exact) mass is 356 g/mol. The summed E-state index contributed by atoms with van der Waals surface area (Å²) in [7, 11) is 3.19. The van der Waals surface area contributed by atoms with E-state index in [0.717, 1.165) is 10.6 Å². The predicted octanol–water partition coefficient (Wildman–Crippen LogP) is 2.79. The van der Waals surface area contributed by atoms with Crippen LogP contribution >= 0.6 is 11.3 Å². The number of carbonyl (C=O) groups is 1. The minimum atomic E-state index is -0.262. The topological polar surface area (TPSA) is 86.2 Å². The van der Waals surface area contributed by atoms with Gasteiger partial charge in [0.05, 0.1) is 19.8 Å². The number of anilines is 1. The van der Waals surface area contributed by atoms with E-state index in [2.05, 4.69) is 20.5 Å². The lowest BCUT2D eigenvalue weighted by Gasteiger charge is -2.08. The highest BCUT2D eigenvalue weighted by atomic mass is 32.1. The van der Waals surface area contributed by atoms with Gasteiger partial charge >= 0.3 is 0 Å². The zero-order valence-electron chi connectivity index (χ0n) is 13.7. The van der Waals surface area contributed by atoms with Crippen LogP contribution in [0.15, 0.2) is 42.7 Å². The highest BCUT2D eigenvalue weighted by Gasteiger charge is 2.12. The van der Waals surface area contributed by atoms with E-state index in [1.807, 2.05) is 18.2 Å². The first-order valence-electron chi connectivity index (χ1n) is 7.44. The number of nitrogens with one attached hydrogen (secondary N) is 1. The van der Waals surface area contributed by atoms with Crippen molar-refractivity contribution in [2.24, 2.45) is 0 Å². The largest absolute Gasteiger partial charge is 0.493 e. The Hall–Kier alpha value is -3.00. The summed E-state index contributed by atoms with van der Waals surface area (Å²) in [5, 5.41) is 12.1. The number of nitrogens with zero attached hydrogens (tertiary/aromatic N) is 3. The molecule has 128 valence electrons. The third-order valence-corrected chi connectivity index (χ3v) is 4.25. The summed E-state index contributed by atoms with van der Waals surface area (Å²) < 4.78 is 10.5. The van der Waals surface area contributed by atoms with Gasteiger partial charge in [0.2, 0.25) is 5.13 Å². The van der Waals surface area contributed by atoms with Gasteiger partial charge in [-0.05, 0) is 29.8 Å². The maximum atomic E-state index is 12.1. The highest BCUT2D eigenvalue weighted by Crippen LogP contribution is 2.29. The van der Waals surface area contributed by atoms with Gasteiger partial charge in [0.15, 0.2) is 11.5 Å². The molecule has 0 bridgehead atoms. The molecule has 0 saturated heterocycles. The Morgan fingerprint density at radius 1 is 1.16 bits per heavy atom. The third-order valence-electron chi connectivity index (χ3n) is 3.41. The molecule has 0 saturated carbocycles. The van der Waals surface area contributed by atoms with E-state index in [1.54, 1.807) is 32.5 Å². The van der Waals surface area contributed by atoms with Crippen LogP contribution < -0.4 is 14.8 Å². The SMILES string of the molecule is COc1ccc(Cc2nnc(NC(=O)c3cccnc3)s2)cc1OC. The molecule has 1 amide bonds. The Bertz CT molecular complexity index is 867. The first-order valence-corrected chi connectivity index (χ1v) is 8.26. The lowest BCUT2D eigenvalue weighted by Crippen LogP contribution is -2.11. The predicted molar refractivity (Wildman–Crippen MR) is 94.5 cm³/mol. The molecule has 0 radical (unpaired) electrons. The van der Waals surface area contributed by atoms with Crippen LogP contribution in [0.25, 0.3) is 0 Å². The van der Waals surface area contributed by atoms with Crippen LogP contribution in [0.3, 0.4) is 0 Å². The molecule has 0 fully saturated rings. The lowest BCUT2D eigenvalue weighted by atomic mass is 10.1. The van der Waals surface area contributed by atoms with Crippen molar-refractivity contribution in [3.63, 3.8) is 0 Å². The Morgan fingerprint density at radius 3 is 2.72 bits per heavy atom. The summed E-state index contributed by atoms with van der Waals surface area (Å²) in [6.07, 6.45) is 3.70. The molecule has 2 aromatic heterocycles. The van der Waals surface area contributed by atoms with Gasteiger partial charge in [-0.15, -0.1) is 10.2 Å². The average molecular weight is 356 g/mol. The Kier molecular flexibility index (Phi) is 5.20. The number of amides is 1. The first-order chi connectivity index (χ1) is 12.2. The molecule has 1 N–H and O–H groups in total. The molecule has 1 aromatic carbocycles. The molecule has 8 heteroatoms. The molecule has 0 aliphatic heterocycles. The quantitative estimate of drug-likeness (QED) is 0.731. The fraction of sp³-hybridized carbons (Fsp3) is 0.176. The molecule has 0 atom stereocenters. The fourth-order valence-electron chi connectivity index (χ4n) is 2.21. The van der Waals surface area contributed by atoms with Crippen molar-refractivity contribution >= 4 is 22.4 Å². The molecule has 7 nitrogen and oxygen atoms in total. The van der Waals surface area contributed by atoms with Crippen LogP contribution in [-0.2, 0) is 6.42 Å². The van der Waals surface area contributed by atoms with E-state index in [0.29, 0.717) is 28.6 Å². The van der Waals surface area contributed by atoms with Crippen molar-refractivity contribution < 1.29 is 14.3 Å². The normalized spacial score (nSPS) is 10.3. The van der Waals surface area contributed by atoms with E-state index < -0.39 is 0 Å². The van der Waals surface area contributed by atoms with Crippen LogP contribution in [0.1, 0.15) is 20.9 Å². The van der Waals surface area contributed by atoms with Gasteiger partial charge in [0, 0.05) is 18.8 Å². The summed E-state index contributed by atoms with van der Waals surface area (Å²) in [5.74, 6) is 1.07. The Labute approximate surface area is 148 Å². The number of ether oxygens (including phenoxy) is 2. The van der Waals surface area contributed by atoms with Crippen molar-refractivity contribution in [2.45, 2.75) is 6.42 Å². The molecule has 0 spiro atoms. The number of hydrogen-bond acceptors (Lipinski definition) is 7. The number of hydrogen-bond donors (Lipinski definition) is 1. The van der Waals surface area contributed by atoms with Crippen LogP contribution in [0.4, 0.5) is 5.13 Å². The molecular weight excluding hydrogens is 340 g/mol. The van der Waals surface area contributed by atoms with E-state index >= 15 is 0 Å². The highest BCUT2D eigenvalue weighted by molar-refractivity contribution is 7.15. The van der Waals surface area contributed by atoms with Gasteiger partial charge in [-0.2, -0.15) is 0 Å². The number of benzene rings is 1. The second-order valence-corrected chi connectivity index (χ2v) is 6.12. The average Bonchev–Trinajstić information content (AvgIpc) is 3.09. The van der Waals surface area contributed by atoms with Crippen molar-refractivity contribution in [1.29, 1.82) is 0 Å². The Balaban J connectivity index is 1.69. The maximum absolute atomic E-state index is 12.1. The van der Waals surface area contributed by atoms with Crippen LogP contribution in [0.5, 0.6) is 11.5 Å².